The molecule has 257 valence electrons. The molecule has 0 N–H and O–H groups in total. The van der Waals surface area contributed by atoms with E-state index in [4.69, 9.17) is 11.6 Å². The van der Waals surface area contributed by atoms with Crippen molar-refractivity contribution in [2.24, 2.45) is 11.8 Å². The summed E-state index contributed by atoms with van der Waals surface area (Å²) in [4.78, 5) is 17.8. The van der Waals surface area contributed by atoms with Crippen molar-refractivity contribution < 1.29 is 20.1 Å². The Kier molecular flexibility index (Phi) is 12.5. The summed E-state index contributed by atoms with van der Waals surface area (Å²) in [5.41, 5.74) is 11.4. The molecule has 7 rings (SSSR count). The van der Waals surface area contributed by atoms with Gasteiger partial charge in [-0.1, -0.05) is 82.3 Å². The van der Waals surface area contributed by atoms with Crippen molar-refractivity contribution in [1.29, 1.82) is 0 Å². The topological polar surface area (TPSA) is 48.0 Å². The fourth-order valence-corrected chi connectivity index (χ4v) is 6.28. The molecule has 2 heterocycles. The molecule has 0 bridgehead atoms. The number of hydrogen-bond donors (Lipinski definition) is 0. The van der Waals surface area contributed by atoms with Crippen LogP contribution in [0.15, 0.2) is 121 Å². The maximum atomic E-state index is 7.66. The van der Waals surface area contributed by atoms with Gasteiger partial charge in [-0.2, -0.15) is 0 Å². The summed E-state index contributed by atoms with van der Waals surface area (Å²) in [6.07, 6.45) is 3.70. The second-order valence-electron chi connectivity index (χ2n) is 13.3. The predicted octanol–water partition coefficient (Wildman–Crippen LogP) is 11.4. The number of benzene rings is 5. The van der Waals surface area contributed by atoms with Gasteiger partial charge in [-0.25, -0.2) is 4.85 Å². The molecule has 2 aromatic heterocycles. The van der Waals surface area contributed by atoms with Crippen LogP contribution in [0.5, 0.6) is 0 Å². The Labute approximate surface area is 315 Å². The third-order valence-corrected chi connectivity index (χ3v) is 8.39. The van der Waals surface area contributed by atoms with E-state index in [0.29, 0.717) is 17.5 Å². The van der Waals surface area contributed by atoms with Crippen molar-refractivity contribution in [2.75, 3.05) is 0 Å². The van der Waals surface area contributed by atoms with E-state index < -0.39 is 0 Å². The Morgan fingerprint density at radius 2 is 1.31 bits per heavy atom. The second-order valence-corrected chi connectivity index (χ2v) is 13.3. The molecule has 0 fully saturated rings. The minimum absolute atomic E-state index is 0. The average molecular weight is 844 g/mol. The first kappa shape index (κ1) is 37.1. The molecule has 0 unspecified atom stereocenters. The molecule has 6 heteroatoms. The van der Waals surface area contributed by atoms with Crippen LogP contribution in [0.3, 0.4) is 0 Å². The maximum Gasteiger partial charge on any atom is 0.187 e. The van der Waals surface area contributed by atoms with E-state index in [0.717, 1.165) is 63.5 Å². The Balaban J connectivity index is 0.000000216. The fraction of sp³-hybridized carbons (Fsp3) is 0.200. The number of aromatic nitrogens is 4. The molecule has 0 aliphatic heterocycles. The van der Waals surface area contributed by atoms with Gasteiger partial charge >= 0.3 is 0 Å². The van der Waals surface area contributed by atoms with E-state index in [9.17, 15) is 0 Å². The van der Waals surface area contributed by atoms with E-state index in [1.54, 1.807) is 0 Å². The summed E-state index contributed by atoms with van der Waals surface area (Å²) in [7, 11) is 0. The molecular weight excluding hydrogens is 803 g/mol. The van der Waals surface area contributed by atoms with E-state index in [2.05, 4.69) is 108 Å². The minimum atomic E-state index is 0. The number of imidazole rings is 1. The first-order valence-electron chi connectivity index (χ1n) is 17.2. The van der Waals surface area contributed by atoms with Crippen LogP contribution in [0.25, 0.3) is 55.5 Å². The predicted molar refractivity (Wildman–Crippen MR) is 205 cm³/mol. The van der Waals surface area contributed by atoms with Gasteiger partial charge in [0.25, 0.3) is 0 Å². The zero-order chi connectivity index (χ0) is 35.0. The quantitative estimate of drug-likeness (QED) is 0.143. The molecule has 7 aromatic rings. The normalized spacial score (nSPS) is 10.8. The first-order chi connectivity index (χ1) is 24.3. The third kappa shape index (κ3) is 8.75. The van der Waals surface area contributed by atoms with Crippen molar-refractivity contribution >= 4 is 16.7 Å². The van der Waals surface area contributed by atoms with Gasteiger partial charge in [0.15, 0.2) is 5.69 Å². The van der Waals surface area contributed by atoms with Gasteiger partial charge in [0.05, 0.1) is 29.3 Å². The van der Waals surface area contributed by atoms with E-state index >= 15 is 0 Å². The SMILES string of the molecule is Cc1nc(-c2[c-]cccc2)ncc1-c1ccccc1.[C-]#[N+]c1cc(CC(C)C)c(-n2c(-c3[c-]cccc3)nc3ccccc32)c(CC(C)C)c1.[Ir]. The summed E-state index contributed by atoms with van der Waals surface area (Å²) < 4.78 is 2.30. The summed E-state index contributed by atoms with van der Waals surface area (Å²) in [6, 6.07) is 44.9. The number of para-hydroxylation sites is 2. The molecule has 5 aromatic carbocycles. The van der Waals surface area contributed by atoms with Gasteiger partial charge in [-0.3, -0.25) is 15.0 Å². The van der Waals surface area contributed by atoms with Crippen LogP contribution in [-0.4, -0.2) is 19.5 Å². The molecule has 5 nitrogen and oxygen atoms in total. The standard InChI is InChI=1S/C28H28N3.C17H13N2.Ir/c1-19(2)15-22-17-24(29-5)18-23(16-20(3)4)27(22)31-26-14-10-9-13-25(26)30-28(31)21-11-7-6-8-12-21;1-13-16(14-8-4-2-5-9-14)12-18-17(19-13)15-10-6-3-7-11-15;/h6-11,13-14,17-20H,15-16H2,1-4H3;2-10,12H,1H3;/q2*-1;. The van der Waals surface area contributed by atoms with Crippen LogP contribution in [0, 0.1) is 37.5 Å². The largest absolute Gasteiger partial charge is 0.333 e. The molecule has 1 radical (unpaired) electrons. The van der Waals surface area contributed by atoms with Crippen molar-refractivity contribution in [3.63, 3.8) is 0 Å². The van der Waals surface area contributed by atoms with Crippen LogP contribution >= 0.6 is 0 Å². The van der Waals surface area contributed by atoms with Gasteiger partial charge in [-0.05, 0) is 60.4 Å². The zero-order valence-electron chi connectivity index (χ0n) is 29.7. The van der Waals surface area contributed by atoms with Crippen LogP contribution < -0.4 is 0 Å². The minimum Gasteiger partial charge on any atom is -0.333 e. The Morgan fingerprint density at radius 1 is 0.725 bits per heavy atom. The monoisotopic (exact) mass is 844 g/mol. The molecule has 0 aliphatic carbocycles. The molecule has 51 heavy (non-hydrogen) atoms. The maximum absolute atomic E-state index is 7.66. The van der Waals surface area contributed by atoms with Crippen LogP contribution in [0.2, 0.25) is 0 Å². The van der Waals surface area contributed by atoms with Crippen LogP contribution in [-0.2, 0) is 32.9 Å². The molecule has 0 amide bonds. The summed E-state index contributed by atoms with van der Waals surface area (Å²) in [5.74, 6) is 2.58. The smallest absolute Gasteiger partial charge is 0.187 e. The molecule has 0 atom stereocenters. The average Bonchev–Trinajstić information content (AvgIpc) is 3.51. The van der Waals surface area contributed by atoms with Gasteiger partial charge < -0.3 is 4.57 Å². The summed E-state index contributed by atoms with van der Waals surface area (Å²) in [6.45, 7) is 18.6. The van der Waals surface area contributed by atoms with E-state index in [1.807, 2.05) is 79.9 Å². The fourth-order valence-electron chi connectivity index (χ4n) is 6.28. The Bertz CT molecular complexity index is 2200. The Morgan fingerprint density at radius 3 is 1.88 bits per heavy atom. The van der Waals surface area contributed by atoms with Crippen molar-refractivity contribution in [2.45, 2.75) is 47.5 Å². The second kappa shape index (κ2) is 17.1. The Hall–Kier alpha value is -5.21. The van der Waals surface area contributed by atoms with Gasteiger partial charge in [-0.15, -0.1) is 71.8 Å². The van der Waals surface area contributed by atoms with Gasteiger partial charge in [0, 0.05) is 43.2 Å². The third-order valence-electron chi connectivity index (χ3n) is 8.39. The summed E-state index contributed by atoms with van der Waals surface area (Å²) in [5, 5.41) is 0. The van der Waals surface area contributed by atoms with Gasteiger partial charge in [0.1, 0.15) is 0 Å². The summed E-state index contributed by atoms with van der Waals surface area (Å²) >= 11 is 0. The van der Waals surface area contributed by atoms with Crippen LogP contribution in [0.4, 0.5) is 5.69 Å². The van der Waals surface area contributed by atoms with Gasteiger partial charge in [0.2, 0.25) is 0 Å². The van der Waals surface area contributed by atoms with E-state index in [-0.39, 0.29) is 20.1 Å². The number of hydrogen-bond acceptors (Lipinski definition) is 3. The molecule has 0 spiro atoms. The molecule has 0 saturated carbocycles. The molecule has 0 saturated heterocycles. The van der Waals surface area contributed by atoms with E-state index in [1.165, 1.54) is 16.8 Å². The number of fused-ring (bicyclic) bond motifs is 1. The number of rotatable bonds is 8. The number of nitrogens with zero attached hydrogens (tertiary/aromatic N) is 5. The molecule has 0 aliphatic rings. The van der Waals surface area contributed by atoms with Crippen molar-refractivity contribution in [1.82, 2.24) is 19.5 Å². The van der Waals surface area contributed by atoms with Crippen molar-refractivity contribution in [3.8, 4) is 39.6 Å². The van der Waals surface area contributed by atoms with Crippen LogP contribution in [0.1, 0.15) is 44.5 Å². The van der Waals surface area contributed by atoms with Crippen molar-refractivity contribution in [3.05, 3.63) is 162 Å². The molecular formula is C45H41IrN5-2. The zero-order valence-corrected chi connectivity index (χ0v) is 32.1. The first-order valence-corrected chi connectivity index (χ1v) is 17.2. The number of aryl methyl sites for hydroxylation is 1.